The molecule has 136 valence electrons. The van der Waals surface area contributed by atoms with E-state index in [9.17, 15) is 15.0 Å². The lowest BCUT2D eigenvalue weighted by Gasteiger charge is -2.35. The Morgan fingerprint density at radius 3 is 2.65 bits per heavy atom. The van der Waals surface area contributed by atoms with Crippen LogP contribution in [0, 0.1) is 0 Å². The number of likely N-dealkylation sites (tertiary alicyclic amines) is 1. The predicted octanol–water partition coefficient (Wildman–Crippen LogP) is 3.96. The van der Waals surface area contributed by atoms with E-state index in [-0.39, 0.29) is 41.1 Å². The van der Waals surface area contributed by atoms with Crippen LogP contribution >= 0.6 is 0 Å². The summed E-state index contributed by atoms with van der Waals surface area (Å²) in [6.45, 7) is 0.904. The monoisotopic (exact) mass is 353 g/mol. The number of Topliss-reactive ketones (excluding diaryl/α,β-unsaturated/α-hetero) is 1. The number of piperidine rings is 1. The van der Waals surface area contributed by atoms with Crippen molar-refractivity contribution in [3.05, 3.63) is 53.1 Å². The fraction of sp³-hybridized carbons (Fsp3) is 0.381. The SMILES string of the molecule is CN1CCCC[C@@H]1c1c(O)cc2c(c1O)C(=O)C[C@@H](c1ccccc1)O2. The number of aromatic hydroxyl groups is 2. The van der Waals surface area contributed by atoms with E-state index in [0.717, 1.165) is 31.4 Å². The molecular weight excluding hydrogens is 330 g/mol. The minimum atomic E-state index is -0.404. The number of rotatable bonds is 2. The molecule has 5 nitrogen and oxygen atoms in total. The Labute approximate surface area is 152 Å². The minimum absolute atomic E-state index is 0.0125. The van der Waals surface area contributed by atoms with Crippen molar-refractivity contribution in [3.63, 3.8) is 0 Å². The zero-order valence-corrected chi connectivity index (χ0v) is 14.8. The molecule has 1 saturated heterocycles. The molecule has 0 unspecified atom stereocenters. The normalized spacial score (nSPS) is 23.3. The van der Waals surface area contributed by atoms with Gasteiger partial charge >= 0.3 is 0 Å². The smallest absolute Gasteiger partial charge is 0.174 e. The van der Waals surface area contributed by atoms with E-state index in [1.807, 2.05) is 37.4 Å². The van der Waals surface area contributed by atoms with Gasteiger partial charge in [0.15, 0.2) is 5.78 Å². The highest BCUT2D eigenvalue weighted by Crippen LogP contribution is 2.48. The number of phenols is 2. The van der Waals surface area contributed by atoms with Crippen LogP contribution in [0.5, 0.6) is 17.2 Å². The molecule has 26 heavy (non-hydrogen) atoms. The molecule has 5 heteroatoms. The quantitative estimate of drug-likeness (QED) is 0.855. The van der Waals surface area contributed by atoms with Gasteiger partial charge in [0.1, 0.15) is 28.9 Å². The zero-order chi connectivity index (χ0) is 18.3. The third-order valence-corrected chi connectivity index (χ3v) is 5.48. The predicted molar refractivity (Wildman–Crippen MR) is 97.8 cm³/mol. The Hall–Kier alpha value is -2.53. The topological polar surface area (TPSA) is 70.0 Å². The molecule has 4 rings (SSSR count). The number of hydrogen-bond donors (Lipinski definition) is 2. The average Bonchev–Trinajstić information content (AvgIpc) is 2.63. The number of ether oxygens (including phenoxy) is 1. The summed E-state index contributed by atoms with van der Waals surface area (Å²) in [4.78, 5) is 14.9. The number of fused-ring (bicyclic) bond motifs is 1. The molecule has 2 heterocycles. The largest absolute Gasteiger partial charge is 0.507 e. The number of hydrogen-bond acceptors (Lipinski definition) is 5. The third kappa shape index (κ3) is 2.82. The van der Waals surface area contributed by atoms with Crippen LogP contribution in [0.4, 0.5) is 0 Å². The molecule has 2 aromatic carbocycles. The van der Waals surface area contributed by atoms with Crippen LogP contribution in [-0.2, 0) is 0 Å². The lowest BCUT2D eigenvalue weighted by Crippen LogP contribution is -2.30. The van der Waals surface area contributed by atoms with E-state index in [1.165, 1.54) is 6.07 Å². The van der Waals surface area contributed by atoms with Gasteiger partial charge in [0.2, 0.25) is 0 Å². The molecule has 2 aliphatic rings. The van der Waals surface area contributed by atoms with Crippen molar-refractivity contribution in [2.24, 2.45) is 0 Å². The lowest BCUT2D eigenvalue weighted by atomic mass is 9.89. The van der Waals surface area contributed by atoms with E-state index in [0.29, 0.717) is 5.56 Å². The molecule has 2 atom stereocenters. The van der Waals surface area contributed by atoms with E-state index >= 15 is 0 Å². The van der Waals surface area contributed by atoms with Gasteiger partial charge in [0, 0.05) is 12.1 Å². The molecule has 2 aromatic rings. The van der Waals surface area contributed by atoms with Gasteiger partial charge in [0.25, 0.3) is 0 Å². The van der Waals surface area contributed by atoms with Gasteiger partial charge < -0.3 is 14.9 Å². The highest BCUT2D eigenvalue weighted by Gasteiger charge is 2.35. The number of phenolic OH excluding ortho intramolecular Hbond substituents is 2. The Morgan fingerprint density at radius 2 is 1.92 bits per heavy atom. The number of nitrogens with zero attached hydrogens (tertiary/aromatic N) is 1. The Balaban J connectivity index is 1.74. The van der Waals surface area contributed by atoms with Gasteiger partial charge in [-0.1, -0.05) is 36.8 Å². The minimum Gasteiger partial charge on any atom is -0.507 e. The van der Waals surface area contributed by atoms with Crippen molar-refractivity contribution in [1.82, 2.24) is 4.90 Å². The molecular formula is C21H23NO4. The molecule has 0 amide bonds. The first kappa shape index (κ1) is 16.9. The maximum Gasteiger partial charge on any atom is 0.174 e. The Bertz CT molecular complexity index is 834. The first-order valence-electron chi connectivity index (χ1n) is 9.10. The highest BCUT2D eigenvalue weighted by atomic mass is 16.5. The summed E-state index contributed by atoms with van der Waals surface area (Å²) in [7, 11) is 1.98. The van der Waals surface area contributed by atoms with Gasteiger partial charge in [-0.3, -0.25) is 9.69 Å². The van der Waals surface area contributed by atoms with Crippen molar-refractivity contribution < 1.29 is 19.7 Å². The molecule has 0 spiro atoms. The summed E-state index contributed by atoms with van der Waals surface area (Å²) in [5.41, 5.74) is 1.55. The van der Waals surface area contributed by atoms with Crippen LogP contribution in [0.1, 0.15) is 59.3 Å². The summed E-state index contributed by atoms with van der Waals surface area (Å²) >= 11 is 0. The first-order chi connectivity index (χ1) is 12.6. The molecule has 0 aromatic heterocycles. The maximum atomic E-state index is 12.8. The number of carbonyl (C=O) groups is 1. The fourth-order valence-electron chi connectivity index (χ4n) is 4.10. The van der Waals surface area contributed by atoms with Crippen molar-refractivity contribution in [2.45, 2.75) is 37.8 Å². The summed E-state index contributed by atoms with van der Waals surface area (Å²) in [5, 5.41) is 21.4. The van der Waals surface area contributed by atoms with Crippen molar-refractivity contribution in [3.8, 4) is 17.2 Å². The number of benzene rings is 2. The first-order valence-corrected chi connectivity index (χ1v) is 9.10. The highest BCUT2D eigenvalue weighted by molar-refractivity contribution is 6.03. The van der Waals surface area contributed by atoms with Gasteiger partial charge in [-0.2, -0.15) is 0 Å². The third-order valence-electron chi connectivity index (χ3n) is 5.48. The van der Waals surface area contributed by atoms with Crippen molar-refractivity contribution >= 4 is 5.78 Å². The molecule has 2 N–H and O–H groups in total. The molecule has 0 saturated carbocycles. The van der Waals surface area contributed by atoms with E-state index < -0.39 is 6.10 Å². The van der Waals surface area contributed by atoms with Crippen LogP contribution in [0.2, 0.25) is 0 Å². The van der Waals surface area contributed by atoms with E-state index in [1.54, 1.807) is 0 Å². The Morgan fingerprint density at radius 1 is 1.15 bits per heavy atom. The second kappa shape index (κ2) is 6.65. The standard InChI is InChI=1S/C21H23NO4/c1-22-10-6-5-9-14(22)19-15(23)12-18-20(21(19)25)16(24)11-17(26-18)13-7-3-2-4-8-13/h2-4,7-8,12,14,17,23,25H,5-6,9-11H2,1H3/t14-,17+/m1/s1. The summed E-state index contributed by atoms with van der Waals surface area (Å²) in [6.07, 6.45) is 2.75. The molecule has 1 fully saturated rings. The number of carbonyl (C=O) groups excluding carboxylic acids is 1. The van der Waals surface area contributed by atoms with Gasteiger partial charge in [-0.25, -0.2) is 0 Å². The van der Waals surface area contributed by atoms with Gasteiger partial charge in [-0.15, -0.1) is 0 Å². The maximum absolute atomic E-state index is 12.8. The average molecular weight is 353 g/mol. The van der Waals surface area contributed by atoms with Crippen molar-refractivity contribution in [2.75, 3.05) is 13.6 Å². The van der Waals surface area contributed by atoms with Crippen LogP contribution in [0.3, 0.4) is 0 Å². The van der Waals surface area contributed by atoms with Gasteiger partial charge in [-0.05, 0) is 32.0 Å². The van der Waals surface area contributed by atoms with E-state index in [4.69, 9.17) is 4.74 Å². The fourth-order valence-corrected chi connectivity index (χ4v) is 4.10. The van der Waals surface area contributed by atoms with E-state index in [2.05, 4.69) is 4.90 Å². The second-order valence-electron chi connectivity index (χ2n) is 7.17. The van der Waals surface area contributed by atoms with Crippen LogP contribution in [-0.4, -0.2) is 34.5 Å². The molecule has 0 radical (unpaired) electrons. The van der Waals surface area contributed by atoms with Crippen LogP contribution in [0.15, 0.2) is 36.4 Å². The number of ketones is 1. The molecule has 0 bridgehead atoms. The van der Waals surface area contributed by atoms with Crippen molar-refractivity contribution in [1.29, 1.82) is 0 Å². The molecule has 2 aliphatic heterocycles. The summed E-state index contributed by atoms with van der Waals surface area (Å²) in [5.74, 6) is -0.0404. The summed E-state index contributed by atoms with van der Waals surface area (Å²) < 4.78 is 5.96. The van der Waals surface area contributed by atoms with Gasteiger partial charge in [0.05, 0.1) is 12.0 Å². The second-order valence-corrected chi connectivity index (χ2v) is 7.17. The summed E-state index contributed by atoms with van der Waals surface area (Å²) in [6, 6.07) is 10.9. The molecule has 0 aliphatic carbocycles. The van der Waals surface area contributed by atoms with Crippen LogP contribution in [0.25, 0.3) is 0 Å². The van der Waals surface area contributed by atoms with Crippen LogP contribution < -0.4 is 4.74 Å². The Kier molecular flexibility index (Phi) is 4.32. The zero-order valence-electron chi connectivity index (χ0n) is 14.8. The lowest BCUT2D eigenvalue weighted by molar-refractivity contribution is 0.0842.